The minimum Gasteiger partial charge on any atom is -0.465 e. The lowest BCUT2D eigenvalue weighted by Crippen LogP contribution is -2.10. The predicted octanol–water partition coefficient (Wildman–Crippen LogP) is 3.99. The third kappa shape index (κ3) is 2.20. The van der Waals surface area contributed by atoms with E-state index in [0.717, 1.165) is 5.39 Å². The highest BCUT2D eigenvalue weighted by Crippen LogP contribution is 2.35. The van der Waals surface area contributed by atoms with Crippen LogP contribution in [0.3, 0.4) is 0 Å². The summed E-state index contributed by atoms with van der Waals surface area (Å²) >= 11 is 1.51. The van der Waals surface area contributed by atoms with Gasteiger partial charge >= 0.3 is 5.97 Å². The van der Waals surface area contributed by atoms with Crippen LogP contribution < -0.4 is 0 Å². The molecular formula is C14H16O2S. The zero-order chi connectivity index (χ0) is 12.6. The number of methoxy groups -OCH3 is 1. The van der Waals surface area contributed by atoms with Gasteiger partial charge in [0.15, 0.2) is 0 Å². The Balaban J connectivity index is 2.65. The second kappa shape index (κ2) is 4.15. The quantitative estimate of drug-likeness (QED) is 0.713. The number of hydrogen-bond acceptors (Lipinski definition) is 3. The summed E-state index contributed by atoms with van der Waals surface area (Å²) in [6, 6.07) is 8.10. The van der Waals surface area contributed by atoms with Gasteiger partial charge in [-0.15, -0.1) is 11.3 Å². The minimum atomic E-state index is -0.258. The number of esters is 1. The van der Waals surface area contributed by atoms with Gasteiger partial charge in [-0.2, -0.15) is 0 Å². The first-order valence-corrected chi connectivity index (χ1v) is 6.36. The van der Waals surface area contributed by atoms with Crippen molar-refractivity contribution in [3.05, 3.63) is 34.7 Å². The van der Waals surface area contributed by atoms with Crippen LogP contribution in [0.4, 0.5) is 0 Å². The lowest BCUT2D eigenvalue weighted by atomic mass is 9.86. The first-order valence-electron chi connectivity index (χ1n) is 5.55. The Morgan fingerprint density at radius 2 is 2.00 bits per heavy atom. The van der Waals surface area contributed by atoms with Crippen molar-refractivity contribution in [2.45, 2.75) is 26.2 Å². The van der Waals surface area contributed by atoms with Gasteiger partial charge in [-0.1, -0.05) is 39.0 Å². The summed E-state index contributed by atoms with van der Waals surface area (Å²) in [5, 5.41) is 1.11. The third-order valence-corrected chi connectivity index (χ3v) is 3.90. The van der Waals surface area contributed by atoms with Crippen molar-refractivity contribution in [3.8, 4) is 0 Å². The molecule has 0 N–H and O–H groups in total. The SMILES string of the molecule is COC(=O)c1cc2cccc(C(C)(C)C)c2s1. The average Bonchev–Trinajstić information content (AvgIpc) is 2.69. The number of thiophene rings is 1. The van der Waals surface area contributed by atoms with Gasteiger partial charge in [-0.25, -0.2) is 4.79 Å². The molecule has 0 atom stereocenters. The van der Waals surface area contributed by atoms with Gasteiger partial charge in [-0.05, 0) is 22.4 Å². The summed E-state index contributed by atoms with van der Waals surface area (Å²) < 4.78 is 5.94. The van der Waals surface area contributed by atoms with E-state index in [4.69, 9.17) is 4.74 Å². The molecule has 0 aliphatic carbocycles. The van der Waals surface area contributed by atoms with E-state index >= 15 is 0 Å². The van der Waals surface area contributed by atoms with E-state index in [1.807, 2.05) is 18.2 Å². The number of rotatable bonds is 1. The van der Waals surface area contributed by atoms with Crippen molar-refractivity contribution in [1.29, 1.82) is 0 Å². The molecule has 2 aromatic rings. The second-order valence-electron chi connectivity index (χ2n) is 5.08. The van der Waals surface area contributed by atoms with E-state index in [9.17, 15) is 4.79 Å². The summed E-state index contributed by atoms with van der Waals surface area (Å²) in [4.78, 5) is 12.2. The van der Waals surface area contributed by atoms with Gasteiger partial charge in [0.2, 0.25) is 0 Å². The molecule has 0 aliphatic heterocycles. The van der Waals surface area contributed by atoms with Crippen molar-refractivity contribution < 1.29 is 9.53 Å². The van der Waals surface area contributed by atoms with E-state index < -0.39 is 0 Å². The molecule has 0 unspecified atom stereocenters. The van der Waals surface area contributed by atoms with E-state index in [1.165, 1.54) is 28.7 Å². The molecule has 90 valence electrons. The molecule has 0 saturated carbocycles. The van der Waals surface area contributed by atoms with Crippen molar-refractivity contribution in [2.75, 3.05) is 7.11 Å². The third-order valence-electron chi connectivity index (χ3n) is 2.74. The molecule has 0 radical (unpaired) electrons. The molecule has 0 bridgehead atoms. The molecule has 1 aromatic carbocycles. The van der Waals surface area contributed by atoms with Crippen LogP contribution >= 0.6 is 11.3 Å². The number of benzene rings is 1. The molecule has 1 aromatic heterocycles. The number of ether oxygens (including phenoxy) is 1. The molecule has 3 heteroatoms. The largest absolute Gasteiger partial charge is 0.465 e. The number of carbonyl (C=O) groups excluding carboxylic acids is 1. The van der Waals surface area contributed by atoms with Crippen LogP contribution in [0.5, 0.6) is 0 Å². The van der Waals surface area contributed by atoms with Crippen LogP contribution in [0.15, 0.2) is 24.3 Å². The first kappa shape index (κ1) is 12.1. The number of carbonyl (C=O) groups is 1. The van der Waals surface area contributed by atoms with Gasteiger partial charge in [0.25, 0.3) is 0 Å². The van der Waals surface area contributed by atoms with Gasteiger partial charge in [0.05, 0.1) is 7.11 Å². The van der Waals surface area contributed by atoms with Gasteiger partial charge in [0.1, 0.15) is 4.88 Å². The maximum absolute atomic E-state index is 11.5. The first-order chi connectivity index (χ1) is 7.93. The molecule has 2 nitrogen and oxygen atoms in total. The van der Waals surface area contributed by atoms with Crippen molar-refractivity contribution in [2.24, 2.45) is 0 Å². The van der Waals surface area contributed by atoms with Crippen LogP contribution in [0.2, 0.25) is 0 Å². The topological polar surface area (TPSA) is 26.3 Å². The van der Waals surface area contributed by atoms with Gasteiger partial charge < -0.3 is 4.74 Å². The fourth-order valence-corrected chi connectivity index (χ4v) is 3.16. The zero-order valence-corrected chi connectivity index (χ0v) is 11.4. The lowest BCUT2D eigenvalue weighted by molar-refractivity contribution is 0.0606. The Morgan fingerprint density at radius 1 is 1.29 bits per heavy atom. The van der Waals surface area contributed by atoms with Crippen molar-refractivity contribution in [1.82, 2.24) is 0 Å². The van der Waals surface area contributed by atoms with Crippen molar-refractivity contribution >= 4 is 27.4 Å². The van der Waals surface area contributed by atoms with Gasteiger partial charge in [-0.3, -0.25) is 0 Å². The van der Waals surface area contributed by atoms with E-state index in [-0.39, 0.29) is 11.4 Å². The van der Waals surface area contributed by atoms with Crippen LogP contribution in [-0.4, -0.2) is 13.1 Å². The van der Waals surface area contributed by atoms with E-state index in [0.29, 0.717) is 4.88 Å². The maximum atomic E-state index is 11.5. The Labute approximate surface area is 105 Å². The normalized spacial score (nSPS) is 11.8. The Morgan fingerprint density at radius 3 is 2.59 bits per heavy atom. The highest BCUT2D eigenvalue weighted by Gasteiger charge is 2.19. The Hall–Kier alpha value is -1.35. The summed E-state index contributed by atoms with van der Waals surface area (Å²) in [6.07, 6.45) is 0. The summed E-state index contributed by atoms with van der Waals surface area (Å²) in [7, 11) is 1.41. The second-order valence-corrected chi connectivity index (χ2v) is 6.13. The monoisotopic (exact) mass is 248 g/mol. The molecule has 0 amide bonds. The Kier molecular flexibility index (Phi) is 2.96. The molecule has 0 saturated heterocycles. The molecule has 1 heterocycles. The highest BCUT2D eigenvalue weighted by atomic mass is 32.1. The van der Waals surface area contributed by atoms with Crippen LogP contribution in [0.25, 0.3) is 10.1 Å². The minimum absolute atomic E-state index is 0.0811. The standard InChI is InChI=1S/C14H16O2S/c1-14(2,3)10-7-5-6-9-8-11(13(15)16-4)17-12(9)10/h5-8H,1-4H3. The van der Waals surface area contributed by atoms with Crippen molar-refractivity contribution in [3.63, 3.8) is 0 Å². The fraction of sp³-hybridized carbons (Fsp3) is 0.357. The predicted molar refractivity (Wildman–Crippen MR) is 71.9 cm³/mol. The molecule has 0 fully saturated rings. The van der Waals surface area contributed by atoms with Gasteiger partial charge in [0, 0.05) is 4.70 Å². The number of hydrogen-bond donors (Lipinski definition) is 0. The van der Waals surface area contributed by atoms with Crippen LogP contribution in [-0.2, 0) is 10.2 Å². The fourth-order valence-electron chi connectivity index (χ4n) is 1.85. The molecule has 0 spiro atoms. The number of fused-ring (bicyclic) bond motifs is 1. The Bertz CT molecular complexity index is 561. The average molecular weight is 248 g/mol. The smallest absolute Gasteiger partial charge is 0.348 e. The molecule has 2 rings (SSSR count). The summed E-state index contributed by atoms with van der Waals surface area (Å²) in [6.45, 7) is 6.54. The summed E-state index contributed by atoms with van der Waals surface area (Å²) in [5.74, 6) is -0.258. The summed E-state index contributed by atoms with van der Waals surface area (Å²) in [5.41, 5.74) is 1.35. The maximum Gasteiger partial charge on any atom is 0.348 e. The molecule has 17 heavy (non-hydrogen) atoms. The van der Waals surface area contributed by atoms with Crippen LogP contribution in [0.1, 0.15) is 36.0 Å². The highest BCUT2D eigenvalue weighted by molar-refractivity contribution is 7.21. The zero-order valence-electron chi connectivity index (χ0n) is 10.5. The van der Waals surface area contributed by atoms with E-state index in [1.54, 1.807) is 0 Å². The van der Waals surface area contributed by atoms with Crippen LogP contribution in [0, 0.1) is 0 Å². The van der Waals surface area contributed by atoms with E-state index in [2.05, 4.69) is 26.8 Å². The lowest BCUT2D eigenvalue weighted by Gasteiger charge is -2.19. The molecular weight excluding hydrogens is 232 g/mol. The molecule has 0 aliphatic rings.